The number of methoxy groups -OCH3 is 1. The van der Waals surface area contributed by atoms with Crippen LogP contribution in [0.3, 0.4) is 0 Å². The number of aryl methyl sites for hydroxylation is 2. The molecule has 172 valence electrons. The second-order valence-electron chi connectivity index (χ2n) is 7.36. The molecule has 1 heterocycles. The molecule has 2 aromatic carbocycles. The number of ether oxygens (including phenoxy) is 2. The predicted octanol–water partition coefficient (Wildman–Crippen LogP) is 4.68. The second kappa shape index (κ2) is 11.5. The molecule has 1 unspecified atom stereocenters. The van der Waals surface area contributed by atoms with Gasteiger partial charge in [0.1, 0.15) is 5.75 Å². The molecule has 1 atom stereocenters. The van der Waals surface area contributed by atoms with Crippen LogP contribution in [0.1, 0.15) is 35.0 Å². The Labute approximate surface area is 197 Å². The number of thioether (sulfide) groups is 1. The number of hydrogen-bond donors (Lipinski definition) is 1. The van der Waals surface area contributed by atoms with E-state index in [1.54, 1.807) is 55.6 Å². The van der Waals surface area contributed by atoms with Gasteiger partial charge >= 0.3 is 5.97 Å². The van der Waals surface area contributed by atoms with E-state index in [1.165, 1.54) is 11.8 Å². The summed E-state index contributed by atoms with van der Waals surface area (Å²) in [6.45, 7) is 3.81. The Morgan fingerprint density at radius 1 is 1.03 bits per heavy atom. The van der Waals surface area contributed by atoms with E-state index in [1.807, 2.05) is 26.2 Å². The lowest BCUT2D eigenvalue weighted by Gasteiger charge is -2.18. The zero-order valence-electron chi connectivity index (χ0n) is 19.1. The molecule has 8 heteroatoms. The molecule has 3 rings (SSSR count). The van der Waals surface area contributed by atoms with Crippen molar-refractivity contribution in [3.63, 3.8) is 0 Å². The van der Waals surface area contributed by atoms with Gasteiger partial charge in [0.15, 0.2) is 5.16 Å². The number of carbonyl (C=O) groups excluding carboxylic acids is 2. The summed E-state index contributed by atoms with van der Waals surface area (Å²) in [5.41, 5.74) is 3.74. The van der Waals surface area contributed by atoms with Gasteiger partial charge in [-0.1, -0.05) is 48.2 Å². The third kappa shape index (κ3) is 6.55. The Morgan fingerprint density at radius 2 is 1.73 bits per heavy atom. The van der Waals surface area contributed by atoms with Crippen LogP contribution in [-0.4, -0.2) is 35.2 Å². The molecule has 0 aliphatic carbocycles. The van der Waals surface area contributed by atoms with Gasteiger partial charge in [0.05, 0.1) is 7.11 Å². The van der Waals surface area contributed by atoms with Crippen molar-refractivity contribution in [1.29, 1.82) is 0 Å². The molecule has 7 nitrogen and oxygen atoms in total. The first-order chi connectivity index (χ1) is 15.9. The maximum Gasteiger partial charge on any atom is 0.307 e. The van der Waals surface area contributed by atoms with Crippen molar-refractivity contribution >= 4 is 29.3 Å². The lowest BCUT2D eigenvalue weighted by atomic mass is 10.1. The summed E-state index contributed by atoms with van der Waals surface area (Å²) in [5.74, 6) is -0.304. The van der Waals surface area contributed by atoms with E-state index in [-0.39, 0.29) is 6.42 Å². The molecule has 1 amide bonds. The van der Waals surface area contributed by atoms with E-state index in [0.29, 0.717) is 28.6 Å². The first-order valence-electron chi connectivity index (χ1n) is 10.5. The number of nitrogens with one attached hydrogen (secondary N) is 1. The lowest BCUT2D eigenvalue weighted by Crippen LogP contribution is -2.26. The molecule has 0 aliphatic rings. The fraction of sp³-hybridized carbons (Fsp3) is 0.280. The van der Waals surface area contributed by atoms with Crippen molar-refractivity contribution in [2.45, 2.75) is 37.9 Å². The third-order valence-electron chi connectivity index (χ3n) is 5.09. The maximum absolute atomic E-state index is 13.0. The first kappa shape index (κ1) is 24.3. The Kier molecular flexibility index (Phi) is 8.43. The quantitative estimate of drug-likeness (QED) is 0.279. The van der Waals surface area contributed by atoms with Gasteiger partial charge in [0, 0.05) is 35.1 Å². The van der Waals surface area contributed by atoms with Crippen molar-refractivity contribution in [1.82, 2.24) is 9.97 Å². The minimum Gasteiger partial charge on any atom is -0.497 e. The van der Waals surface area contributed by atoms with E-state index in [0.717, 1.165) is 17.0 Å². The zero-order valence-corrected chi connectivity index (χ0v) is 19.9. The highest BCUT2D eigenvalue weighted by atomic mass is 32.2. The van der Waals surface area contributed by atoms with Crippen LogP contribution in [0.15, 0.2) is 59.8 Å². The van der Waals surface area contributed by atoms with Crippen molar-refractivity contribution < 1.29 is 19.1 Å². The van der Waals surface area contributed by atoms with Crippen LogP contribution < -0.4 is 10.1 Å². The summed E-state index contributed by atoms with van der Waals surface area (Å²) in [6, 6.07) is 15.9. The normalized spacial score (nSPS) is 11.5. The topological polar surface area (TPSA) is 90.4 Å². The van der Waals surface area contributed by atoms with Gasteiger partial charge in [-0.3, -0.25) is 9.59 Å². The van der Waals surface area contributed by atoms with Crippen LogP contribution in [-0.2, 0) is 20.7 Å². The summed E-state index contributed by atoms with van der Waals surface area (Å²) < 4.78 is 10.9. The molecule has 0 radical (unpaired) electrons. The van der Waals surface area contributed by atoms with Crippen molar-refractivity contribution in [2.24, 2.45) is 0 Å². The minimum absolute atomic E-state index is 0.111. The zero-order chi connectivity index (χ0) is 23.8. The van der Waals surface area contributed by atoms with Gasteiger partial charge in [-0.05, 0) is 44.2 Å². The molecule has 33 heavy (non-hydrogen) atoms. The molecular weight excluding hydrogens is 438 g/mol. The van der Waals surface area contributed by atoms with Gasteiger partial charge in [0.25, 0.3) is 5.91 Å². The molecule has 0 fully saturated rings. The SMILES string of the molecule is COc1cccc(NC(=O)C(OC(=O)CCc2c(C)nc(SC)nc2C)c2ccccc2)c1. The molecular formula is C25H27N3O4S. The smallest absolute Gasteiger partial charge is 0.307 e. The van der Waals surface area contributed by atoms with Gasteiger partial charge in [0.2, 0.25) is 6.10 Å². The third-order valence-corrected chi connectivity index (χ3v) is 5.64. The molecule has 0 saturated carbocycles. The average molecular weight is 466 g/mol. The number of amides is 1. The number of rotatable bonds is 9. The number of aromatic nitrogens is 2. The van der Waals surface area contributed by atoms with Crippen LogP contribution in [0.4, 0.5) is 5.69 Å². The monoisotopic (exact) mass is 465 g/mol. The summed E-state index contributed by atoms with van der Waals surface area (Å²) in [5, 5.41) is 3.51. The molecule has 1 aromatic heterocycles. The van der Waals surface area contributed by atoms with Gasteiger partial charge in [-0.15, -0.1) is 0 Å². The lowest BCUT2D eigenvalue weighted by molar-refractivity contribution is -0.154. The largest absolute Gasteiger partial charge is 0.497 e. The number of anilines is 1. The molecule has 0 bridgehead atoms. The first-order valence-corrected chi connectivity index (χ1v) is 11.7. The Balaban J connectivity index is 1.73. The number of carbonyl (C=O) groups is 2. The van der Waals surface area contributed by atoms with Gasteiger partial charge in [-0.2, -0.15) is 0 Å². The fourth-order valence-electron chi connectivity index (χ4n) is 3.39. The predicted molar refractivity (Wildman–Crippen MR) is 129 cm³/mol. The second-order valence-corrected chi connectivity index (χ2v) is 8.13. The van der Waals surface area contributed by atoms with E-state index in [2.05, 4.69) is 15.3 Å². The number of nitrogens with zero attached hydrogens (tertiary/aromatic N) is 2. The molecule has 3 aromatic rings. The Bertz CT molecular complexity index is 1100. The van der Waals surface area contributed by atoms with E-state index in [4.69, 9.17) is 9.47 Å². The van der Waals surface area contributed by atoms with Crippen molar-refractivity contribution in [3.05, 3.63) is 77.1 Å². The summed E-state index contributed by atoms with van der Waals surface area (Å²) >= 11 is 1.48. The van der Waals surface area contributed by atoms with Crippen molar-refractivity contribution in [2.75, 3.05) is 18.7 Å². The minimum atomic E-state index is -1.08. The number of esters is 1. The molecule has 0 saturated heterocycles. The standard InChI is InChI=1S/C25H27N3O4S/c1-16-21(17(2)27-25(26-16)33-4)13-14-22(29)32-23(18-9-6-5-7-10-18)24(30)28-19-11-8-12-20(15-19)31-3/h5-12,15,23H,13-14H2,1-4H3,(H,28,30). The van der Waals surface area contributed by atoms with E-state index < -0.39 is 18.0 Å². The highest BCUT2D eigenvalue weighted by Crippen LogP contribution is 2.24. The number of hydrogen-bond acceptors (Lipinski definition) is 7. The summed E-state index contributed by atoms with van der Waals surface area (Å²) in [6.07, 6.45) is 1.39. The van der Waals surface area contributed by atoms with Crippen LogP contribution in [0.25, 0.3) is 0 Å². The van der Waals surface area contributed by atoms with Gasteiger partial charge < -0.3 is 14.8 Å². The van der Waals surface area contributed by atoms with Crippen LogP contribution in [0, 0.1) is 13.8 Å². The van der Waals surface area contributed by atoms with Crippen LogP contribution in [0.5, 0.6) is 5.75 Å². The van der Waals surface area contributed by atoms with E-state index in [9.17, 15) is 9.59 Å². The maximum atomic E-state index is 13.0. The molecule has 0 spiro atoms. The Morgan fingerprint density at radius 3 is 2.36 bits per heavy atom. The van der Waals surface area contributed by atoms with Crippen LogP contribution >= 0.6 is 11.8 Å². The van der Waals surface area contributed by atoms with Crippen molar-refractivity contribution in [3.8, 4) is 5.75 Å². The average Bonchev–Trinajstić information content (AvgIpc) is 2.82. The highest BCUT2D eigenvalue weighted by Gasteiger charge is 2.25. The Hall–Kier alpha value is -3.39. The van der Waals surface area contributed by atoms with Gasteiger partial charge in [-0.25, -0.2) is 9.97 Å². The summed E-state index contributed by atoms with van der Waals surface area (Å²) in [4.78, 5) is 34.7. The molecule has 1 N–H and O–H groups in total. The number of benzene rings is 2. The summed E-state index contributed by atoms with van der Waals surface area (Å²) in [7, 11) is 1.55. The molecule has 0 aliphatic heterocycles. The fourth-order valence-corrected chi connectivity index (χ4v) is 3.85. The highest BCUT2D eigenvalue weighted by molar-refractivity contribution is 7.98. The van der Waals surface area contributed by atoms with E-state index >= 15 is 0 Å². The van der Waals surface area contributed by atoms with Crippen LogP contribution in [0.2, 0.25) is 0 Å².